The molecule has 84 valence electrons. The van der Waals surface area contributed by atoms with E-state index in [0.717, 1.165) is 24.7 Å². The van der Waals surface area contributed by atoms with Gasteiger partial charge >= 0.3 is 0 Å². The second kappa shape index (κ2) is 3.93. The van der Waals surface area contributed by atoms with Crippen molar-refractivity contribution in [2.45, 2.75) is 44.9 Å². The second-order valence-corrected chi connectivity index (χ2v) is 5.34. The van der Waals surface area contributed by atoms with Crippen LogP contribution >= 0.6 is 0 Å². The van der Waals surface area contributed by atoms with Crippen molar-refractivity contribution in [3.8, 4) is 0 Å². The van der Waals surface area contributed by atoms with Crippen LogP contribution in [-0.4, -0.2) is 28.3 Å². The molecule has 0 aromatic carbocycles. The summed E-state index contributed by atoms with van der Waals surface area (Å²) >= 11 is 0. The van der Waals surface area contributed by atoms with E-state index in [2.05, 4.69) is 41.3 Å². The summed E-state index contributed by atoms with van der Waals surface area (Å²) in [4.78, 5) is 4.60. The van der Waals surface area contributed by atoms with E-state index in [0.29, 0.717) is 5.92 Å². The van der Waals surface area contributed by atoms with E-state index in [4.69, 9.17) is 0 Å². The predicted molar refractivity (Wildman–Crippen MR) is 59.9 cm³/mol. The van der Waals surface area contributed by atoms with Crippen LogP contribution in [0.4, 0.5) is 0 Å². The SMILES string of the molecule is CC(C)(C)c1n[nH]c(C2CCCNC2)n1. The lowest BCUT2D eigenvalue weighted by Crippen LogP contribution is -2.29. The molecule has 1 aromatic heterocycles. The largest absolute Gasteiger partial charge is 0.316 e. The number of nitrogens with one attached hydrogen (secondary N) is 2. The molecule has 1 unspecified atom stereocenters. The van der Waals surface area contributed by atoms with E-state index < -0.39 is 0 Å². The fraction of sp³-hybridized carbons (Fsp3) is 0.818. The van der Waals surface area contributed by atoms with Crippen molar-refractivity contribution in [2.75, 3.05) is 13.1 Å². The molecule has 1 aliphatic heterocycles. The highest BCUT2D eigenvalue weighted by Crippen LogP contribution is 2.23. The number of hydrogen-bond acceptors (Lipinski definition) is 3. The predicted octanol–water partition coefficient (Wildman–Crippen LogP) is 1.57. The van der Waals surface area contributed by atoms with Crippen molar-refractivity contribution in [1.29, 1.82) is 0 Å². The van der Waals surface area contributed by atoms with Gasteiger partial charge in [0.05, 0.1) is 0 Å². The third kappa shape index (κ3) is 2.37. The number of hydrogen-bond donors (Lipinski definition) is 2. The summed E-state index contributed by atoms with van der Waals surface area (Å²) in [5.74, 6) is 2.48. The molecule has 0 radical (unpaired) electrons. The van der Waals surface area contributed by atoms with Crippen molar-refractivity contribution >= 4 is 0 Å². The van der Waals surface area contributed by atoms with Crippen LogP contribution in [0.2, 0.25) is 0 Å². The maximum Gasteiger partial charge on any atom is 0.156 e. The number of rotatable bonds is 1. The first-order valence-electron chi connectivity index (χ1n) is 5.71. The molecule has 4 nitrogen and oxygen atoms in total. The van der Waals surface area contributed by atoms with Gasteiger partial charge in [-0.15, -0.1) is 0 Å². The first kappa shape index (κ1) is 10.6. The Kier molecular flexibility index (Phi) is 2.78. The highest BCUT2D eigenvalue weighted by Gasteiger charge is 2.23. The van der Waals surface area contributed by atoms with E-state index in [-0.39, 0.29) is 5.41 Å². The third-order valence-electron chi connectivity index (χ3n) is 2.86. The third-order valence-corrected chi connectivity index (χ3v) is 2.86. The summed E-state index contributed by atoms with van der Waals surface area (Å²) in [6.07, 6.45) is 2.45. The molecule has 1 aromatic rings. The molecule has 15 heavy (non-hydrogen) atoms. The minimum atomic E-state index is 0.0385. The molecule has 2 heterocycles. The van der Waals surface area contributed by atoms with Crippen LogP contribution in [0.3, 0.4) is 0 Å². The molecule has 1 atom stereocenters. The number of nitrogens with zero attached hydrogens (tertiary/aromatic N) is 2. The van der Waals surface area contributed by atoms with Gasteiger partial charge in [0.1, 0.15) is 5.82 Å². The molecular weight excluding hydrogens is 188 g/mol. The Labute approximate surface area is 90.9 Å². The van der Waals surface area contributed by atoms with Crippen molar-refractivity contribution in [3.05, 3.63) is 11.6 Å². The monoisotopic (exact) mass is 208 g/mol. The summed E-state index contributed by atoms with van der Waals surface area (Å²) < 4.78 is 0. The number of H-pyrrole nitrogens is 1. The van der Waals surface area contributed by atoms with Crippen molar-refractivity contribution in [3.63, 3.8) is 0 Å². The van der Waals surface area contributed by atoms with Gasteiger partial charge in [0.25, 0.3) is 0 Å². The van der Waals surface area contributed by atoms with Gasteiger partial charge in [-0.05, 0) is 19.4 Å². The minimum Gasteiger partial charge on any atom is -0.316 e. The van der Waals surface area contributed by atoms with Gasteiger partial charge in [-0.3, -0.25) is 5.10 Å². The Morgan fingerprint density at radius 1 is 1.33 bits per heavy atom. The smallest absolute Gasteiger partial charge is 0.156 e. The fourth-order valence-electron chi connectivity index (χ4n) is 1.88. The van der Waals surface area contributed by atoms with Crippen molar-refractivity contribution in [2.24, 2.45) is 0 Å². The van der Waals surface area contributed by atoms with E-state index >= 15 is 0 Å². The van der Waals surface area contributed by atoms with Crippen molar-refractivity contribution in [1.82, 2.24) is 20.5 Å². The quantitative estimate of drug-likeness (QED) is 0.736. The average molecular weight is 208 g/mol. The summed E-state index contributed by atoms with van der Waals surface area (Å²) in [6.45, 7) is 8.58. The molecular formula is C11H20N4. The van der Waals surface area contributed by atoms with Gasteiger partial charge < -0.3 is 5.32 Å². The van der Waals surface area contributed by atoms with E-state index in [1.54, 1.807) is 0 Å². The van der Waals surface area contributed by atoms with E-state index in [1.807, 2.05) is 0 Å². The van der Waals surface area contributed by atoms with Crippen LogP contribution in [0, 0.1) is 0 Å². The van der Waals surface area contributed by atoms with Crippen LogP contribution in [-0.2, 0) is 5.41 Å². The Balaban J connectivity index is 2.12. The van der Waals surface area contributed by atoms with Crippen LogP contribution < -0.4 is 5.32 Å². The Morgan fingerprint density at radius 3 is 2.67 bits per heavy atom. The maximum atomic E-state index is 4.60. The highest BCUT2D eigenvalue weighted by atomic mass is 15.2. The van der Waals surface area contributed by atoms with Gasteiger partial charge in [0.15, 0.2) is 5.82 Å². The average Bonchev–Trinajstić information content (AvgIpc) is 2.67. The van der Waals surface area contributed by atoms with Gasteiger partial charge in [0.2, 0.25) is 0 Å². The van der Waals surface area contributed by atoms with Crippen LogP contribution in [0.15, 0.2) is 0 Å². The normalized spacial score (nSPS) is 23.0. The molecule has 2 N–H and O–H groups in total. The zero-order valence-corrected chi connectivity index (χ0v) is 9.80. The molecule has 0 bridgehead atoms. The molecule has 0 saturated carbocycles. The lowest BCUT2D eigenvalue weighted by atomic mass is 9.95. The number of aromatic amines is 1. The second-order valence-electron chi connectivity index (χ2n) is 5.34. The Bertz CT molecular complexity index is 318. The molecule has 0 amide bonds. The molecule has 4 heteroatoms. The Morgan fingerprint density at radius 2 is 2.13 bits per heavy atom. The van der Waals surface area contributed by atoms with Gasteiger partial charge in [-0.1, -0.05) is 20.8 Å². The molecule has 1 saturated heterocycles. The summed E-state index contributed by atoms with van der Waals surface area (Å²) in [5.41, 5.74) is 0.0385. The standard InChI is InChI=1S/C11H20N4/c1-11(2,3)10-13-9(14-15-10)8-5-4-6-12-7-8/h8,12H,4-7H2,1-3H3,(H,13,14,15). The molecule has 2 rings (SSSR count). The zero-order valence-electron chi connectivity index (χ0n) is 9.80. The fourth-order valence-corrected chi connectivity index (χ4v) is 1.88. The summed E-state index contributed by atoms with van der Waals surface area (Å²) in [7, 11) is 0. The van der Waals surface area contributed by atoms with E-state index in [1.165, 1.54) is 12.8 Å². The van der Waals surface area contributed by atoms with Crippen molar-refractivity contribution < 1.29 is 0 Å². The molecule has 1 aliphatic rings. The lowest BCUT2D eigenvalue weighted by Gasteiger charge is -2.20. The van der Waals surface area contributed by atoms with Crippen LogP contribution in [0.1, 0.15) is 51.2 Å². The first-order valence-corrected chi connectivity index (χ1v) is 5.71. The number of piperidine rings is 1. The van der Waals surface area contributed by atoms with Gasteiger partial charge in [-0.25, -0.2) is 4.98 Å². The lowest BCUT2D eigenvalue weighted by molar-refractivity contribution is 0.446. The molecule has 0 aliphatic carbocycles. The van der Waals surface area contributed by atoms with Gasteiger partial charge in [-0.2, -0.15) is 5.10 Å². The topological polar surface area (TPSA) is 53.6 Å². The highest BCUT2D eigenvalue weighted by molar-refractivity contribution is 5.06. The van der Waals surface area contributed by atoms with E-state index in [9.17, 15) is 0 Å². The van der Waals surface area contributed by atoms with Crippen LogP contribution in [0.5, 0.6) is 0 Å². The number of aromatic nitrogens is 3. The minimum absolute atomic E-state index is 0.0385. The van der Waals surface area contributed by atoms with Crippen LogP contribution in [0.25, 0.3) is 0 Å². The maximum absolute atomic E-state index is 4.60. The molecule has 1 fully saturated rings. The Hall–Kier alpha value is -0.900. The zero-order chi connectivity index (χ0) is 10.9. The first-order chi connectivity index (χ1) is 7.07. The summed E-state index contributed by atoms with van der Waals surface area (Å²) in [5, 5.41) is 10.8. The summed E-state index contributed by atoms with van der Waals surface area (Å²) in [6, 6.07) is 0. The molecule has 0 spiro atoms. The van der Waals surface area contributed by atoms with Gasteiger partial charge in [0, 0.05) is 17.9 Å².